The number of carbonyl (C=O) groups excluding carboxylic acids is 1. The second-order valence-electron chi connectivity index (χ2n) is 5.32. The Hall–Kier alpha value is -0.610. The van der Waals surface area contributed by atoms with Crippen molar-refractivity contribution in [3.05, 3.63) is 0 Å². The molecule has 2 aliphatic rings. The van der Waals surface area contributed by atoms with Gasteiger partial charge in [-0.15, -0.1) is 0 Å². The van der Waals surface area contributed by atoms with Crippen LogP contribution in [-0.4, -0.2) is 42.5 Å². The number of amides is 1. The normalized spacial score (nSPS) is 28.0. The minimum atomic E-state index is 0.167. The van der Waals surface area contributed by atoms with Crippen molar-refractivity contribution >= 4 is 5.91 Å². The van der Waals surface area contributed by atoms with Gasteiger partial charge in [0.15, 0.2) is 0 Å². The van der Waals surface area contributed by atoms with Crippen LogP contribution in [0.25, 0.3) is 0 Å². The molecule has 4 nitrogen and oxygen atoms in total. The molecule has 0 radical (unpaired) electrons. The van der Waals surface area contributed by atoms with Crippen LogP contribution in [0.2, 0.25) is 0 Å². The third-order valence-corrected chi connectivity index (χ3v) is 3.58. The summed E-state index contributed by atoms with van der Waals surface area (Å²) in [7, 11) is 0. The zero-order valence-electron chi connectivity index (χ0n) is 10.1. The third kappa shape index (κ3) is 3.19. The molecule has 92 valence electrons. The Balaban J connectivity index is 1.67. The molecule has 1 amide bonds. The van der Waals surface area contributed by atoms with E-state index in [1.807, 2.05) is 6.92 Å². The van der Waals surface area contributed by atoms with Crippen LogP contribution in [0.5, 0.6) is 0 Å². The van der Waals surface area contributed by atoms with Gasteiger partial charge in [0.1, 0.15) is 0 Å². The van der Waals surface area contributed by atoms with Crippen LogP contribution in [0, 0.1) is 5.92 Å². The summed E-state index contributed by atoms with van der Waals surface area (Å²) in [5.74, 6) is 0.460. The van der Waals surface area contributed by atoms with Crippen LogP contribution in [0.15, 0.2) is 0 Å². The Bertz CT molecular complexity index is 253. The second-order valence-corrected chi connectivity index (χ2v) is 5.32. The predicted molar refractivity (Wildman–Crippen MR) is 64.0 cm³/mol. The number of hydrogen-bond acceptors (Lipinski definition) is 3. The summed E-state index contributed by atoms with van der Waals surface area (Å²) in [5, 5.41) is 3.12. The lowest BCUT2D eigenvalue weighted by molar-refractivity contribution is -0.122. The summed E-state index contributed by atoms with van der Waals surface area (Å²) in [6, 6.07) is 1.20. The van der Waals surface area contributed by atoms with E-state index in [0.29, 0.717) is 24.9 Å². The van der Waals surface area contributed by atoms with E-state index in [-0.39, 0.29) is 5.91 Å². The topological polar surface area (TPSA) is 58.4 Å². The molecule has 4 heteroatoms. The van der Waals surface area contributed by atoms with E-state index in [2.05, 4.69) is 10.2 Å². The van der Waals surface area contributed by atoms with Gasteiger partial charge < -0.3 is 11.1 Å². The molecule has 1 saturated carbocycles. The van der Waals surface area contributed by atoms with E-state index in [4.69, 9.17) is 5.73 Å². The molecule has 1 aliphatic carbocycles. The zero-order valence-corrected chi connectivity index (χ0v) is 10.1. The first kappa shape index (κ1) is 11.9. The van der Waals surface area contributed by atoms with E-state index >= 15 is 0 Å². The lowest BCUT2D eigenvalue weighted by Gasteiger charge is -2.16. The molecule has 1 aliphatic heterocycles. The molecule has 1 saturated heterocycles. The summed E-state index contributed by atoms with van der Waals surface area (Å²) < 4.78 is 0. The Labute approximate surface area is 97.6 Å². The Kier molecular flexibility index (Phi) is 3.82. The number of carbonyl (C=O) groups is 1. The van der Waals surface area contributed by atoms with Crippen molar-refractivity contribution in [1.29, 1.82) is 0 Å². The lowest BCUT2D eigenvalue weighted by atomic mass is 10.1. The highest BCUT2D eigenvalue weighted by Crippen LogP contribution is 2.29. The van der Waals surface area contributed by atoms with E-state index < -0.39 is 0 Å². The maximum absolute atomic E-state index is 11.7. The molecule has 2 fully saturated rings. The lowest BCUT2D eigenvalue weighted by Crippen LogP contribution is -2.38. The van der Waals surface area contributed by atoms with Gasteiger partial charge in [-0.25, -0.2) is 0 Å². The molecular weight excluding hydrogens is 202 g/mol. The second kappa shape index (κ2) is 5.15. The quantitative estimate of drug-likeness (QED) is 0.708. The van der Waals surface area contributed by atoms with Gasteiger partial charge >= 0.3 is 0 Å². The number of nitrogens with zero attached hydrogens (tertiary/aromatic N) is 1. The summed E-state index contributed by atoms with van der Waals surface area (Å²) in [5.41, 5.74) is 5.51. The molecule has 0 aromatic heterocycles. The molecule has 0 aromatic rings. The van der Waals surface area contributed by atoms with Crippen LogP contribution in [-0.2, 0) is 4.79 Å². The van der Waals surface area contributed by atoms with Crippen molar-refractivity contribution < 1.29 is 4.79 Å². The molecule has 16 heavy (non-hydrogen) atoms. The van der Waals surface area contributed by atoms with Gasteiger partial charge in [0.2, 0.25) is 5.91 Å². The van der Waals surface area contributed by atoms with Crippen molar-refractivity contribution in [3.63, 3.8) is 0 Å². The minimum absolute atomic E-state index is 0.167. The van der Waals surface area contributed by atoms with Crippen molar-refractivity contribution in [2.24, 2.45) is 11.7 Å². The first-order valence-electron chi connectivity index (χ1n) is 6.42. The van der Waals surface area contributed by atoms with Crippen LogP contribution in [0.3, 0.4) is 0 Å². The maximum Gasteiger partial charge on any atom is 0.220 e. The summed E-state index contributed by atoms with van der Waals surface area (Å²) in [6.45, 7) is 4.81. The monoisotopic (exact) mass is 225 g/mol. The first-order valence-corrected chi connectivity index (χ1v) is 6.42. The highest BCUT2D eigenvalue weighted by Gasteiger charge is 2.34. The Morgan fingerprint density at radius 3 is 2.88 bits per heavy atom. The average Bonchev–Trinajstić information content (AvgIpc) is 3.00. The smallest absolute Gasteiger partial charge is 0.220 e. The van der Waals surface area contributed by atoms with Crippen molar-refractivity contribution in [2.45, 2.75) is 44.7 Å². The molecule has 0 spiro atoms. The first-order chi connectivity index (χ1) is 7.69. The molecular formula is C12H23N3O. The van der Waals surface area contributed by atoms with Crippen LogP contribution >= 0.6 is 0 Å². The molecule has 2 unspecified atom stereocenters. The number of hydrogen-bond donors (Lipinski definition) is 2. The van der Waals surface area contributed by atoms with E-state index in [1.54, 1.807) is 0 Å². The van der Waals surface area contributed by atoms with Crippen molar-refractivity contribution in [1.82, 2.24) is 10.2 Å². The Morgan fingerprint density at radius 1 is 1.50 bits per heavy atom. The summed E-state index contributed by atoms with van der Waals surface area (Å²) in [6.07, 6.45) is 4.38. The van der Waals surface area contributed by atoms with Crippen LogP contribution < -0.4 is 11.1 Å². The van der Waals surface area contributed by atoms with E-state index in [1.165, 1.54) is 12.8 Å². The fourth-order valence-electron chi connectivity index (χ4n) is 2.36. The molecule has 2 rings (SSSR count). The summed E-state index contributed by atoms with van der Waals surface area (Å²) in [4.78, 5) is 14.2. The average molecular weight is 225 g/mol. The molecule has 3 N–H and O–H groups in total. The fraction of sp³-hybridized carbons (Fsp3) is 0.917. The number of rotatable bonds is 5. The standard InChI is InChI=1S/C12H23N3O/c1-9(7-13)6-12(16)14-10-4-5-15(8-10)11-2-3-11/h9-11H,2-8,13H2,1H3,(H,14,16). The SMILES string of the molecule is CC(CN)CC(=O)NC1CCN(C2CC2)C1. The molecule has 1 heterocycles. The minimum Gasteiger partial charge on any atom is -0.352 e. The Morgan fingerprint density at radius 2 is 2.25 bits per heavy atom. The molecule has 0 aromatic carbocycles. The summed E-state index contributed by atoms with van der Waals surface area (Å²) >= 11 is 0. The largest absolute Gasteiger partial charge is 0.352 e. The number of nitrogens with one attached hydrogen (secondary N) is 1. The maximum atomic E-state index is 11.7. The van der Waals surface area contributed by atoms with Gasteiger partial charge in [0, 0.05) is 31.6 Å². The van der Waals surface area contributed by atoms with Gasteiger partial charge in [-0.1, -0.05) is 6.92 Å². The van der Waals surface area contributed by atoms with Crippen LogP contribution in [0.4, 0.5) is 0 Å². The van der Waals surface area contributed by atoms with Gasteiger partial charge in [-0.3, -0.25) is 9.69 Å². The zero-order chi connectivity index (χ0) is 11.5. The fourth-order valence-corrected chi connectivity index (χ4v) is 2.36. The molecule has 2 atom stereocenters. The van der Waals surface area contributed by atoms with Gasteiger partial charge in [-0.2, -0.15) is 0 Å². The predicted octanol–water partition coefficient (Wildman–Crippen LogP) is 0.324. The van der Waals surface area contributed by atoms with Gasteiger partial charge in [0.25, 0.3) is 0 Å². The highest BCUT2D eigenvalue weighted by molar-refractivity contribution is 5.76. The highest BCUT2D eigenvalue weighted by atomic mass is 16.1. The van der Waals surface area contributed by atoms with Gasteiger partial charge in [-0.05, 0) is 31.7 Å². The van der Waals surface area contributed by atoms with Crippen molar-refractivity contribution in [2.75, 3.05) is 19.6 Å². The van der Waals surface area contributed by atoms with E-state index in [0.717, 1.165) is 25.6 Å². The molecule has 0 bridgehead atoms. The van der Waals surface area contributed by atoms with E-state index in [9.17, 15) is 4.79 Å². The number of nitrogens with two attached hydrogens (primary N) is 1. The van der Waals surface area contributed by atoms with Crippen LogP contribution in [0.1, 0.15) is 32.6 Å². The third-order valence-electron chi connectivity index (χ3n) is 3.58. The van der Waals surface area contributed by atoms with Gasteiger partial charge in [0.05, 0.1) is 0 Å². The van der Waals surface area contributed by atoms with Crippen molar-refractivity contribution in [3.8, 4) is 0 Å². The number of likely N-dealkylation sites (tertiary alicyclic amines) is 1.